The van der Waals surface area contributed by atoms with E-state index >= 15 is 0 Å². The van der Waals surface area contributed by atoms with Crippen LogP contribution in [0.1, 0.15) is 29.7 Å². The third kappa shape index (κ3) is 3.50. The molecule has 6 heteroatoms. The summed E-state index contributed by atoms with van der Waals surface area (Å²) in [5, 5.41) is 2.20. The van der Waals surface area contributed by atoms with Gasteiger partial charge < -0.3 is 4.57 Å². The number of rotatable bonds is 3. The van der Waals surface area contributed by atoms with E-state index in [9.17, 15) is 9.59 Å². The van der Waals surface area contributed by atoms with Crippen LogP contribution in [0.15, 0.2) is 103 Å². The van der Waals surface area contributed by atoms with E-state index < -0.39 is 5.92 Å². The van der Waals surface area contributed by atoms with Crippen molar-refractivity contribution in [2.45, 2.75) is 19.8 Å². The molecule has 4 aromatic carbocycles. The summed E-state index contributed by atoms with van der Waals surface area (Å²) in [7, 11) is 0. The maximum Gasteiger partial charge on any atom is 0.219 e. The summed E-state index contributed by atoms with van der Waals surface area (Å²) < 4.78 is 4.18. The number of halogens is 2. The number of fused-ring (bicyclic) bond motifs is 2. The van der Waals surface area contributed by atoms with E-state index in [4.69, 9.17) is 23.2 Å². The molecule has 0 unspecified atom stereocenters. The zero-order valence-electron chi connectivity index (χ0n) is 21.8. The monoisotopic (exact) mass is 561 g/mol. The number of allylic oxidation sites excluding steroid dienone is 2. The van der Waals surface area contributed by atoms with Crippen molar-refractivity contribution in [1.29, 1.82) is 0 Å². The van der Waals surface area contributed by atoms with Crippen molar-refractivity contribution in [3.8, 4) is 5.69 Å². The van der Waals surface area contributed by atoms with E-state index in [1.165, 1.54) is 0 Å². The van der Waals surface area contributed by atoms with Gasteiger partial charge in [0.15, 0.2) is 17.3 Å². The Morgan fingerprint density at radius 2 is 1.30 bits per heavy atom. The molecule has 1 saturated carbocycles. The van der Waals surface area contributed by atoms with Gasteiger partial charge in [0.05, 0.1) is 22.2 Å². The number of ketones is 2. The minimum atomic E-state index is -0.842. The molecule has 40 heavy (non-hydrogen) atoms. The van der Waals surface area contributed by atoms with Gasteiger partial charge >= 0.3 is 0 Å². The number of para-hydroxylation sites is 2. The Hall–Kier alpha value is -4.25. The van der Waals surface area contributed by atoms with Crippen molar-refractivity contribution in [2.75, 3.05) is 0 Å². The van der Waals surface area contributed by atoms with Crippen LogP contribution in [0.2, 0.25) is 10.0 Å². The summed E-state index contributed by atoms with van der Waals surface area (Å²) in [6.07, 6.45) is 0. The SMILES string of the molecule is CC1=[N+](c2ccc(Cl)cc2)c2ccccc2C1=C1C(=O)C(c2c(C)n(-c3ccc(Cl)cc3)c3ccccc23)C1=O. The first kappa shape index (κ1) is 24.8. The van der Waals surface area contributed by atoms with Gasteiger partial charge in [0.25, 0.3) is 0 Å². The quantitative estimate of drug-likeness (QED) is 0.0962. The van der Waals surface area contributed by atoms with Gasteiger partial charge in [0, 0.05) is 51.9 Å². The summed E-state index contributed by atoms with van der Waals surface area (Å²) >= 11 is 12.3. The molecule has 7 rings (SSSR count). The van der Waals surface area contributed by atoms with Gasteiger partial charge in [0.1, 0.15) is 5.92 Å². The van der Waals surface area contributed by atoms with Crippen molar-refractivity contribution in [3.63, 3.8) is 0 Å². The Morgan fingerprint density at radius 3 is 2.00 bits per heavy atom. The van der Waals surface area contributed by atoms with Crippen LogP contribution < -0.4 is 4.58 Å². The van der Waals surface area contributed by atoms with Gasteiger partial charge in [-0.1, -0.05) is 53.5 Å². The highest BCUT2D eigenvalue weighted by Gasteiger charge is 2.52. The van der Waals surface area contributed by atoms with Crippen molar-refractivity contribution in [3.05, 3.63) is 130 Å². The topological polar surface area (TPSA) is 42.1 Å². The first-order chi connectivity index (χ1) is 19.4. The molecule has 2 aliphatic rings. The largest absolute Gasteiger partial charge is 0.314 e. The smallest absolute Gasteiger partial charge is 0.219 e. The molecular weight excluding hydrogens is 539 g/mol. The highest BCUT2D eigenvalue weighted by atomic mass is 35.5. The lowest BCUT2D eigenvalue weighted by molar-refractivity contribution is -0.133. The van der Waals surface area contributed by atoms with E-state index in [1.54, 1.807) is 0 Å². The van der Waals surface area contributed by atoms with Crippen LogP contribution >= 0.6 is 23.2 Å². The fourth-order valence-electron chi connectivity index (χ4n) is 6.25. The molecule has 0 saturated heterocycles. The number of hydrogen-bond acceptors (Lipinski definition) is 2. The maximum atomic E-state index is 14.0. The molecule has 0 spiro atoms. The standard InChI is InChI=1S/C34H23Cl2N2O2/c1-19-29(25-7-3-5-9-27(25)37(19)23-15-11-21(35)12-16-23)31-33(39)32(34(31)40)30-20(2)38(24-17-13-22(36)14-18-24)28-10-6-4-8-26(28)30/h3-18,31H,1-2H3/q+1. The van der Waals surface area contributed by atoms with Crippen molar-refractivity contribution >= 4 is 68.3 Å². The molecule has 0 radical (unpaired) electrons. The minimum Gasteiger partial charge on any atom is -0.314 e. The van der Waals surface area contributed by atoms with E-state index in [2.05, 4.69) is 9.14 Å². The van der Waals surface area contributed by atoms with Crippen molar-refractivity contribution in [1.82, 2.24) is 9.14 Å². The van der Waals surface area contributed by atoms with Crippen molar-refractivity contribution < 1.29 is 9.59 Å². The van der Waals surface area contributed by atoms with E-state index in [0.29, 0.717) is 15.6 Å². The lowest BCUT2D eigenvalue weighted by atomic mass is 9.69. The summed E-state index contributed by atoms with van der Waals surface area (Å²) in [5.41, 5.74) is 8.07. The van der Waals surface area contributed by atoms with Crippen LogP contribution in [0.3, 0.4) is 0 Å². The fraction of sp³-hybridized carbons (Fsp3) is 0.0882. The summed E-state index contributed by atoms with van der Waals surface area (Å²) in [6, 6.07) is 30.9. The Balaban J connectivity index is 1.39. The molecule has 1 fully saturated rings. The second-order valence-electron chi connectivity index (χ2n) is 10.2. The third-order valence-corrected chi connectivity index (χ3v) is 8.50. The van der Waals surface area contributed by atoms with E-state index in [-0.39, 0.29) is 17.1 Å². The number of hydrogen-bond donors (Lipinski definition) is 0. The van der Waals surface area contributed by atoms with Crippen LogP contribution in [0, 0.1) is 6.92 Å². The van der Waals surface area contributed by atoms with Gasteiger partial charge in [-0.25, -0.2) is 0 Å². The lowest BCUT2D eigenvalue weighted by Gasteiger charge is -2.28. The van der Waals surface area contributed by atoms with Gasteiger partial charge in [-0.3, -0.25) is 9.59 Å². The minimum absolute atomic E-state index is 0.144. The van der Waals surface area contributed by atoms with Crippen LogP contribution in [0.4, 0.5) is 11.4 Å². The van der Waals surface area contributed by atoms with Gasteiger partial charge in [-0.05, 0) is 61.0 Å². The van der Waals surface area contributed by atoms with Crippen LogP contribution in [0.25, 0.3) is 22.2 Å². The highest BCUT2D eigenvalue weighted by Crippen LogP contribution is 2.47. The third-order valence-electron chi connectivity index (χ3n) is 8.00. The van der Waals surface area contributed by atoms with Crippen LogP contribution in [0.5, 0.6) is 0 Å². The first-order valence-corrected chi connectivity index (χ1v) is 13.8. The second kappa shape index (κ2) is 9.16. The Kier molecular flexibility index (Phi) is 5.67. The molecule has 1 aliphatic carbocycles. The van der Waals surface area contributed by atoms with Crippen molar-refractivity contribution in [2.24, 2.45) is 0 Å². The molecule has 0 atom stereocenters. The molecule has 0 N–H and O–H groups in total. The second-order valence-corrected chi connectivity index (χ2v) is 11.0. The average Bonchev–Trinajstić information content (AvgIpc) is 3.41. The number of nitrogens with zero attached hydrogens (tertiary/aromatic N) is 2. The molecule has 4 nitrogen and oxygen atoms in total. The summed E-state index contributed by atoms with van der Waals surface area (Å²) in [4.78, 5) is 28.1. The molecule has 1 aliphatic heterocycles. The van der Waals surface area contributed by atoms with Gasteiger partial charge in [0.2, 0.25) is 11.4 Å². The Morgan fingerprint density at radius 1 is 0.700 bits per heavy atom. The fourth-order valence-corrected chi connectivity index (χ4v) is 6.50. The maximum absolute atomic E-state index is 14.0. The Bertz CT molecular complexity index is 1940. The number of benzene rings is 4. The highest BCUT2D eigenvalue weighted by molar-refractivity contribution is 6.51. The summed E-state index contributed by atoms with van der Waals surface area (Å²) in [6.45, 7) is 3.93. The average molecular weight is 562 g/mol. The Labute approximate surface area is 241 Å². The number of carbonyl (C=O) groups is 2. The number of aromatic nitrogens is 1. The normalized spacial score (nSPS) is 16.6. The molecule has 194 valence electrons. The van der Waals surface area contributed by atoms with Gasteiger partial charge in [-0.15, -0.1) is 0 Å². The lowest BCUT2D eigenvalue weighted by Crippen LogP contribution is -2.40. The number of carbonyl (C=O) groups excluding carboxylic acids is 2. The van der Waals surface area contributed by atoms with Gasteiger partial charge in [-0.2, -0.15) is 4.58 Å². The predicted molar refractivity (Wildman–Crippen MR) is 163 cm³/mol. The number of Topliss-reactive ketones (excluding diaryl/α,β-unsaturated/α-hetero) is 2. The molecule has 2 heterocycles. The van der Waals surface area contributed by atoms with Crippen LogP contribution in [-0.4, -0.2) is 21.8 Å². The zero-order valence-corrected chi connectivity index (χ0v) is 23.3. The molecule has 0 bridgehead atoms. The molecule has 5 aromatic rings. The zero-order chi connectivity index (χ0) is 27.7. The molecular formula is C34H23Cl2N2O2+. The first-order valence-electron chi connectivity index (χ1n) is 13.0. The van der Waals surface area contributed by atoms with E-state index in [1.807, 2.05) is 111 Å². The predicted octanol–water partition coefficient (Wildman–Crippen LogP) is 8.24. The van der Waals surface area contributed by atoms with Crippen LogP contribution in [-0.2, 0) is 9.59 Å². The molecule has 0 amide bonds. The molecule has 1 aromatic heterocycles. The van der Waals surface area contributed by atoms with E-state index in [0.717, 1.165) is 50.5 Å². The summed E-state index contributed by atoms with van der Waals surface area (Å²) in [5.74, 6) is -1.13.